The first-order valence-corrected chi connectivity index (χ1v) is 7.37. The zero-order valence-electron chi connectivity index (χ0n) is 12.6. The molecular weight excluding hydrogens is 311 g/mol. The van der Waals surface area contributed by atoms with Crippen molar-refractivity contribution in [3.63, 3.8) is 0 Å². The minimum absolute atomic E-state index is 0.0700. The lowest BCUT2D eigenvalue weighted by molar-refractivity contribution is -0.142. The number of likely N-dealkylation sites (tertiary alicyclic amines) is 1. The molecule has 0 unspecified atom stereocenters. The number of aliphatic carboxylic acids is 1. The van der Waals surface area contributed by atoms with Gasteiger partial charge in [0.1, 0.15) is 0 Å². The molecule has 0 radical (unpaired) electrons. The summed E-state index contributed by atoms with van der Waals surface area (Å²) in [5.41, 5.74) is -0.646. The van der Waals surface area contributed by atoms with Gasteiger partial charge in [0.15, 0.2) is 0 Å². The van der Waals surface area contributed by atoms with Crippen LogP contribution in [0, 0.1) is 5.92 Å². The Labute approximate surface area is 131 Å². The first-order chi connectivity index (χ1) is 10.7. The summed E-state index contributed by atoms with van der Waals surface area (Å²) in [6, 6.07) is 5.22. The number of hydrogen-bond donors (Lipinski definition) is 1. The molecule has 1 aliphatic heterocycles. The number of benzene rings is 1. The molecule has 0 aromatic heterocycles. The van der Waals surface area contributed by atoms with E-state index in [0.29, 0.717) is 13.0 Å². The van der Waals surface area contributed by atoms with Crippen LogP contribution in [-0.2, 0) is 15.8 Å². The molecule has 2 atom stereocenters. The van der Waals surface area contributed by atoms with Gasteiger partial charge in [0.2, 0.25) is 5.91 Å². The van der Waals surface area contributed by atoms with E-state index in [-0.39, 0.29) is 24.4 Å². The molecule has 0 spiro atoms. The maximum absolute atomic E-state index is 13.0. The van der Waals surface area contributed by atoms with E-state index in [9.17, 15) is 22.8 Å². The molecule has 1 heterocycles. The second-order valence-electron chi connectivity index (χ2n) is 5.85. The van der Waals surface area contributed by atoms with Crippen LogP contribution in [-0.4, -0.2) is 35.0 Å². The van der Waals surface area contributed by atoms with E-state index in [2.05, 4.69) is 0 Å². The Kier molecular flexibility index (Phi) is 4.97. The molecule has 0 saturated carbocycles. The third-order valence-electron chi connectivity index (χ3n) is 4.17. The number of carbonyl (C=O) groups is 2. The molecule has 0 bridgehead atoms. The topological polar surface area (TPSA) is 57.6 Å². The van der Waals surface area contributed by atoms with Crippen molar-refractivity contribution in [3.05, 3.63) is 35.4 Å². The molecule has 1 amide bonds. The highest BCUT2D eigenvalue weighted by atomic mass is 19.4. The standard InChI is InChI=1S/C16H18F3NO3/c1-10(12-4-2-3-5-13(12)16(17,18)19)8-14(21)20-7-6-11(9-20)15(22)23/h2-5,10-11H,6-9H2,1H3,(H,22,23)/t10-,11+/m1/s1. The zero-order chi connectivity index (χ0) is 17.2. The molecule has 126 valence electrons. The van der Waals surface area contributed by atoms with Crippen LogP contribution in [0.5, 0.6) is 0 Å². The summed E-state index contributed by atoms with van der Waals surface area (Å²) in [5.74, 6) is -2.44. The molecule has 1 aromatic carbocycles. The van der Waals surface area contributed by atoms with E-state index in [1.165, 1.54) is 23.1 Å². The van der Waals surface area contributed by atoms with E-state index < -0.39 is 29.5 Å². The quantitative estimate of drug-likeness (QED) is 0.923. The second kappa shape index (κ2) is 6.60. The van der Waals surface area contributed by atoms with Crippen molar-refractivity contribution < 1.29 is 27.9 Å². The highest BCUT2D eigenvalue weighted by Gasteiger charge is 2.35. The Balaban J connectivity index is 2.07. The highest BCUT2D eigenvalue weighted by Crippen LogP contribution is 2.36. The Bertz CT molecular complexity index is 600. The Morgan fingerprint density at radius 1 is 1.35 bits per heavy atom. The van der Waals surface area contributed by atoms with Gasteiger partial charge in [0.25, 0.3) is 0 Å². The number of hydrogen-bond acceptors (Lipinski definition) is 2. The predicted octanol–water partition coefficient (Wildman–Crippen LogP) is 3.13. The van der Waals surface area contributed by atoms with Crippen molar-refractivity contribution in [3.8, 4) is 0 Å². The van der Waals surface area contributed by atoms with Gasteiger partial charge >= 0.3 is 12.1 Å². The lowest BCUT2D eigenvalue weighted by Gasteiger charge is -2.21. The lowest BCUT2D eigenvalue weighted by Crippen LogP contribution is -2.30. The molecule has 2 rings (SSSR count). The third kappa shape index (κ3) is 4.03. The summed E-state index contributed by atoms with van der Waals surface area (Å²) in [6.45, 7) is 2.04. The predicted molar refractivity (Wildman–Crippen MR) is 76.8 cm³/mol. The second-order valence-corrected chi connectivity index (χ2v) is 5.85. The largest absolute Gasteiger partial charge is 0.481 e. The van der Waals surface area contributed by atoms with Crippen LogP contribution in [0.3, 0.4) is 0 Å². The molecule has 1 aromatic rings. The van der Waals surface area contributed by atoms with Gasteiger partial charge in [0.05, 0.1) is 11.5 Å². The van der Waals surface area contributed by atoms with E-state index in [0.717, 1.165) is 6.07 Å². The molecular formula is C16H18F3NO3. The van der Waals surface area contributed by atoms with Gasteiger partial charge in [-0.05, 0) is 24.0 Å². The van der Waals surface area contributed by atoms with Crippen molar-refractivity contribution in [2.45, 2.75) is 31.9 Å². The number of halogens is 3. The maximum Gasteiger partial charge on any atom is 0.416 e. The molecule has 1 fully saturated rings. The third-order valence-corrected chi connectivity index (χ3v) is 4.17. The number of carboxylic acids is 1. The van der Waals surface area contributed by atoms with E-state index in [1.807, 2.05) is 0 Å². The van der Waals surface area contributed by atoms with Gasteiger partial charge in [-0.25, -0.2) is 0 Å². The molecule has 0 aliphatic carbocycles. The number of rotatable bonds is 4. The van der Waals surface area contributed by atoms with Crippen LogP contribution in [0.4, 0.5) is 13.2 Å². The number of nitrogens with zero attached hydrogens (tertiary/aromatic N) is 1. The van der Waals surface area contributed by atoms with Gasteiger partial charge in [-0.2, -0.15) is 13.2 Å². The smallest absolute Gasteiger partial charge is 0.416 e. The summed E-state index contributed by atoms with van der Waals surface area (Å²) >= 11 is 0. The van der Waals surface area contributed by atoms with Crippen LogP contribution in [0.25, 0.3) is 0 Å². The fourth-order valence-electron chi connectivity index (χ4n) is 2.87. The normalized spacial score (nSPS) is 19.7. The Hall–Kier alpha value is -2.05. The summed E-state index contributed by atoms with van der Waals surface area (Å²) in [6.07, 6.45) is -4.15. The van der Waals surface area contributed by atoms with Crippen molar-refractivity contribution in [1.82, 2.24) is 4.90 Å². The fraction of sp³-hybridized carbons (Fsp3) is 0.500. The van der Waals surface area contributed by atoms with Gasteiger partial charge in [-0.1, -0.05) is 25.1 Å². The molecule has 1 saturated heterocycles. The average Bonchev–Trinajstić information content (AvgIpc) is 2.96. The van der Waals surface area contributed by atoms with Crippen molar-refractivity contribution >= 4 is 11.9 Å². The van der Waals surface area contributed by atoms with Gasteiger partial charge in [0, 0.05) is 19.5 Å². The maximum atomic E-state index is 13.0. The molecule has 4 nitrogen and oxygen atoms in total. The number of amides is 1. The van der Waals surface area contributed by atoms with Crippen LogP contribution in [0.15, 0.2) is 24.3 Å². The Morgan fingerprint density at radius 3 is 2.57 bits per heavy atom. The van der Waals surface area contributed by atoms with Crippen LogP contribution in [0.1, 0.15) is 36.8 Å². The van der Waals surface area contributed by atoms with Crippen molar-refractivity contribution in [1.29, 1.82) is 0 Å². The van der Waals surface area contributed by atoms with Gasteiger partial charge in [-0.15, -0.1) is 0 Å². The van der Waals surface area contributed by atoms with Crippen LogP contribution >= 0.6 is 0 Å². The SMILES string of the molecule is C[C@H](CC(=O)N1CC[C@H](C(=O)O)C1)c1ccccc1C(F)(F)F. The van der Waals surface area contributed by atoms with E-state index in [1.54, 1.807) is 6.92 Å². The number of carboxylic acid groups (broad SMARTS) is 1. The zero-order valence-corrected chi connectivity index (χ0v) is 12.6. The summed E-state index contributed by atoms with van der Waals surface area (Å²) in [5, 5.41) is 8.94. The minimum atomic E-state index is -4.46. The van der Waals surface area contributed by atoms with Crippen LogP contribution < -0.4 is 0 Å². The van der Waals surface area contributed by atoms with Crippen LogP contribution in [0.2, 0.25) is 0 Å². The van der Waals surface area contributed by atoms with Gasteiger partial charge < -0.3 is 10.0 Å². The minimum Gasteiger partial charge on any atom is -0.481 e. The fourth-order valence-corrected chi connectivity index (χ4v) is 2.87. The highest BCUT2D eigenvalue weighted by molar-refractivity contribution is 5.79. The van der Waals surface area contributed by atoms with E-state index >= 15 is 0 Å². The van der Waals surface area contributed by atoms with E-state index in [4.69, 9.17) is 5.11 Å². The van der Waals surface area contributed by atoms with Crippen molar-refractivity contribution in [2.24, 2.45) is 5.92 Å². The molecule has 1 aliphatic rings. The lowest BCUT2D eigenvalue weighted by atomic mass is 9.92. The molecule has 23 heavy (non-hydrogen) atoms. The molecule has 1 N–H and O–H groups in total. The first-order valence-electron chi connectivity index (χ1n) is 7.37. The summed E-state index contributed by atoms with van der Waals surface area (Å²) < 4.78 is 39.1. The van der Waals surface area contributed by atoms with Gasteiger partial charge in [-0.3, -0.25) is 9.59 Å². The summed E-state index contributed by atoms with van der Waals surface area (Å²) in [4.78, 5) is 24.5. The number of alkyl halides is 3. The summed E-state index contributed by atoms with van der Waals surface area (Å²) in [7, 11) is 0. The number of carbonyl (C=O) groups excluding carboxylic acids is 1. The average molecular weight is 329 g/mol. The first kappa shape index (κ1) is 17.3. The Morgan fingerprint density at radius 2 is 2.00 bits per heavy atom. The monoisotopic (exact) mass is 329 g/mol. The molecule has 7 heteroatoms. The van der Waals surface area contributed by atoms with Crippen molar-refractivity contribution in [2.75, 3.05) is 13.1 Å².